The van der Waals surface area contributed by atoms with Gasteiger partial charge in [-0.1, -0.05) is 0 Å². The van der Waals surface area contributed by atoms with Gasteiger partial charge in [0, 0.05) is 25.8 Å². The standard InChI is InChI=1S/C13H23N5/c14-5-1-2-7-17-8-3-9-18(11-10-17)13-4-6-15-12-16-13/h4,6,12H,1-3,5,7-11,14H2. The van der Waals surface area contributed by atoms with Gasteiger partial charge in [0.1, 0.15) is 12.1 Å². The molecule has 2 heterocycles. The summed E-state index contributed by atoms with van der Waals surface area (Å²) in [5.74, 6) is 1.05. The molecule has 0 unspecified atom stereocenters. The zero-order valence-corrected chi connectivity index (χ0v) is 11.0. The topological polar surface area (TPSA) is 58.3 Å². The van der Waals surface area contributed by atoms with E-state index in [9.17, 15) is 0 Å². The first-order chi connectivity index (χ1) is 8.90. The second-order valence-corrected chi connectivity index (χ2v) is 4.75. The Morgan fingerprint density at radius 3 is 2.89 bits per heavy atom. The first-order valence-electron chi connectivity index (χ1n) is 6.83. The van der Waals surface area contributed by atoms with Crippen molar-refractivity contribution in [1.29, 1.82) is 0 Å². The maximum atomic E-state index is 5.53. The molecule has 1 aromatic heterocycles. The molecule has 0 radical (unpaired) electrons. The first-order valence-corrected chi connectivity index (χ1v) is 6.83. The maximum Gasteiger partial charge on any atom is 0.131 e. The van der Waals surface area contributed by atoms with E-state index in [0.717, 1.165) is 38.4 Å². The van der Waals surface area contributed by atoms with Crippen LogP contribution in [0.25, 0.3) is 0 Å². The summed E-state index contributed by atoms with van der Waals surface area (Å²) in [6.45, 7) is 6.43. The van der Waals surface area contributed by atoms with Crippen LogP contribution in [0.15, 0.2) is 18.6 Å². The molecule has 2 rings (SSSR count). The monoisotopic (exact) mass is 249 g/mol. The third-order valence-electron chi connectivity index (χ3n) is 3.41. The van der Waals surface area contributed by atoms with Crippen LogP contribution in [-0.4, -0.2) is 54.1 Å². The molecule has 0 bridgehead atoms. The third-order valence-corrected chi connectivity index (χ3v) is 3.41. The highest BCUT2D eigenvalue weighted by molar-refractivity contribution is 5.36. The molecular formula is C13H23N5. The van der Waals surface area contributed by atoms with Gasteiger partial charge in [-0.15, -0.1) is 0 Å². The first kappa shape index (κ1) is 13.2. The Morgan fingerprint density at radius 1 is 1.17 bits per heavy atom. The van der Waals surface area contributed by atoms with Gasteiger partial charge in [0.25, 0.3) is 0 Å². The number of nitrogens with two attached hydrogens (primary N) is 1. The van der Waals surface area contributed by atoms with Gasteiger partial charge in [-0.05, 0) is 45.0 Å². The number of unbranched alkanes of at least 4 members (excludes halogenated alkanes) is 1. The van der Waals surface area contributed by atoms with Crippen molar-refractivity contribution in [2.75, 3.05) is 44.2 Å². The molecule has 0 amide bonds. The lowest BCUT2D eigenvalue weighted by molar-refractivity contribution is 0.288. The number of rotatable bonds is 5. The third kappa shape index (κ3) is 3.92. The van der Waals surface area contributed by atoms with Crippen LogP contribution in [0, 0.1) is 0 Å². The van der Waals surface area contributed by atoms with E-state index in [2.05, 4.69) is 19.8 Å². The van der Waals surface area contributed by atoms with E-state index in [1.165, 1.54) is 25.9 Å². The molecule has 0 aliphatic carbocycles. The number of aromatic nitrogens is 2. The quantitative estimate of drug-likeness (QED) is 0.780. The van der Waals surface area contributed by atoms with Crippen LogP contribution in [0.3, 0.4) is 0 Å². The number of hydrogen-bond donors (Lipinski definition) is 1. The Balaban J connectivity index is 1.81. The van der Waals surface area contributed by atoms with Crippen LogP contribution < -0.4 is 10.6 Å². The largest absolute Gasteiger partial charge is 0.355 e. The van der Waals surface area contributed by atoms with Crippen molar-refractivity contribution < 1.29 is 0 Å². The molecule has 1 aliphatic rings. The van der Waals surface area contributed by atoms with Gasteiger partial charge in [0.05, 0.1) is 0 Å². The van der Waals surface area contributed by atoms with Crippen LogP contribution in [0.2, 0.25) is 0 Å². The molecule has 2 N–H and O–H groups in total. The highest BCUT2D eigenvalue weighted by atomic mass is 15.2. The zero-order valence-electron chi connectivity index (χ0n) is 11.0. The van der Waals surface area contributed by atoms with E-state index in [4.69, 9.17) is 5.73 Å². The van der Waals surface area contributed by atoms with Crippen LogP contribution in [0.1, 0.15) is 19.3 Å². The second-order valence-electron chi connectivity index (χ2n) is 4.75. The van der Waals surface area contributed by atoms with Gasteiger partial charge < -0.3 is 15.5 Å². The normalized spacial score (nSPS) is 17.7. The van der Waals surface area contributed by atoms with E-state index in [1.807, 2.05) is 12.3 Å². The van der Waals surface area contributed by atoms with E-state index >= 15 is 0 Å². The Hall–Kier alpha value is -1.20. The van der Waals surface area contributed by atoms with Gasteiger partial charge in [-0.25, -0.2) is 9.97 Å². The van der Waals surface area contributed by atoms with Crippen molar-refractivity contribution in [3.63, 3.8) is 0 Å². The summed E-state index contributed by atoms with van der Waals surface area (Å²) in [5, 5.41) is 0. The maximum absolute atomic E-state index is 5.53. The van der Waals surface area contributed by atoms with Crippen molar-refractivity contribution in [3.05, 3.63) is 18.6 Å². The minimum Gasteiger partial charge on any atom is -0.355 e. The summed E-state index contributed by atoms with van der Waals surface area (Å²) in [5.41, 5.74) is 5.53. The molecule has 5 heteroatoms. The fourth-order valence-electron chi connectivity index (χ4n) is 2.37. The van der Waals surface area contributed by atoms with E-state index < -0.39 is 0 Å². The van der Waals surface area contributed by atoms with Crippen LogP contribution >= 0.6 is 0 Å². The molecule has 0 spiro atoms. The highest BCUT2D eigenvalue weighted by Gasteiger charge is 2.15. The molecule has 100 valence electrons. The lowest BCUT2D eigenvalue weighted by Crippen LogP contribution is -2.31. The van der Waals surface area contributed by atoms with E-state index in [1.54, 1.807) is 6.33 Å². The Morgan fingerprint density at radius 2 is 2.11 bits per heavy atom. The zero-order chi connectivity index (χ0) is 12.6. The number of anilines is 1. The molecule has 0 aromatic carbocycles. The van der Waals surface area contributed by atoms with Crippen molar-refractivity contribution in [2.45, 2.75) is 19.3 Å². The van der Waals surface area contributed by atoms with Crippen LogP contribution in [-0.2, 0) is 0 Å². The summed E-state index contributed by atoms with van der Waals surface area (Å²) in [6, 6.07) is 1.99. The summed E-state index contributed by atoms with van der Waals surface area (Å²) >= 11 is 0. The molecule has 0 saturated carbocycles. The van der Waals surface area contributed by atoms with Crippen LogP contribution in [0.5, 0.6) is 0 Å². The lowest BCUT2D eigenvalue weighted by Gasteiger charge is -2.22. The average Bonchev–Trinajstić information content (AvgIpc) is 2.66. The Labute approximate surface area is 109 Å². The summed E-state index contributed by atoms with van der Waals surface area (Å²) < 4.78 is 0. The SMILES string of the molecule is NCCCCN1CCCN(c2ccncn2)CC1. The van der Waals surface area contributed by atoms with Gasteiger partial charge >= 0.3 is 0 Å². The van der Waals surface area contributed by atoms with Gasteiger partial charge in [0.15, 0.2) is 0 Å². The molecule has 0 atom stereocenters. The van der Waals surface area contributed by atoms with Gasteiger partial charge in [0.2, 0.25) is 0 Å². The Kier molecular flexibility index (Phi) is 5.36. The van der Waals surface area contributed by atoms with E-state index in [0.29, 0.717) is 0 Å². The molecule has 1 saturated heterocycles. The molecular weight excluding hydrogens is 226 g/mol. The predicted octanol–water partition coefficient (Wildman–Crippen LogP) is 0.728. The smallest absolute Gasteiger partial charge is 0.131 e. The van der Waals surface area contributed by atoms with Gasteiger partial charge in [-0.2, -0.15) is 0 Å². The molecule has 5 nitrogen and oxygen atoms in total. The fraction of sp³-hybridized carbons (Fsp3) is 0.692. The average molecular weight is 249 g/mol. The van der Waals surface area contributed by atoms with Crippen molar-refractivity contribution in [3.8, 4) is 0 Å². The van der Waals surface area contributed by atoms with Crippen molar-refractivity contribution in [2.24, 2.45) is 5.73 Å². The van der Waals surface area contributed by atoms with Crippen molar-refractivity contribution >= 4 is 5.82 Å². The minimum absolute atomic E-state index is 0.806. The fourth-order valence-corrected chi connectivity index (χ4v) is 2.37. The van der Waals surface area contributed by atoms with Gasteiger partial charge in [-0.3, -0.25) is 0 Å². The van der Waals surface area contributed by atoms with Crippen LogP contribution in [0.4, 0.5) is 5.82 Å². The van der Waals surface area contributed by atoms with Crippen molar-refractivity contribution in [1.82, 2.24) is 14.9 Å². The Bertz CT molecular complexity index is 329. The number of nitrogens with zero attached hydrogens (tertiary/aromatic N) is 4. The predicted molar refractivity (Wildman–Crippen MR) is 73.6 cm³/mol. The highest BCUT2D eigenvalue weighted by Crippen LogP contribution is 2.12. The minimum atomic E-state index is 0.806. The number of hydrogen-bond acceptors (Lipinski definition) is 5. The summed E-state index contributed by atoms with van der Waals surface area (Å²) in [7, 11) is 0. The second kappa shape index (κ2) is 7.28. The lowest BCUT2D eigenvalue weighted by atomic mass is 10.3. The molecule has 1 aromatic rings. The molecule has 1 aliphatic heterocycles. The molecule has 1 fully saturated rings. The van der Waals surface area contributed by atoms with E-state index in [-0.39, 0.29) is 0 Å². The summed E-state index contributed by atoms with van der Waals surface area (Å²) in [4.78, 5) is 13.2. The summed E-state index contributed by atoms with van der Waals surface area (Å²) in [6.07, 6.45) is 6.98. The molecule has 18 heavy (non-hydrogen) atoms.